The van der Waals surface area contributed by atoms with Gasteiger partial charge >= 0.3 is 0 Å². The van der Waals surface area contributed by atoms with Crippen molar-refractivity contribution in [3.05, 3.63) is 41.7 Å². The summed E-state index contributed by atoms with van der Waals surface area (Å²) >= 11 is 0. The highest BCUT2D eigenvalue weighted by molar-refractivity contribution is 5.73. The van der Waals surface area contributed by atoms with Crippen molar-refractivity contribution in [1.82, 2.24) is 4.57 Å². The molecule has 2 rings (SSSR count). The van der Waals surface area contributed by atoms with Crippen LogP contribution < -0.4 is 4.74 Å². The summed E-state index contributed by atoms with van der Waals surface area (Å²) in [5, 5.41) is 9.43. The average Bonchev–Trinajstić information content (AvgIpc) is 2.76. The molecule has 0 saturated heterocycles. The monoisotopic (exact) mass is 254 g/mol. The summed E-state index contributed by atoms with van der Waals surface area (Å²) in [6.45, 7) is 6.20. The van der Waals surface area contributed by atoms with E-state index in [1.54, 1.807) is 7.11 Å². The summed E-state index contributed by atoms with van der Waals surface area (Å²) in [5.41, 5.74) is 3.90. The predicted molar refractivity (Wildman–Crippen MR) is 76.3 cm³/mol. The van der Waals surface area contributed by atoms with Crippen molar-refractivity contribution in [1.29, 1.82) is 5.26 Å². The molecule has 19 heavy (non-hydrogen) atoms. The van der Waals surface area contributed by atoms with Crippen LogP contribution in [0, 0.1) is 18.3 Å². The molecule has 0 fully saturated rings. The van der Waals surface area contributed by atoms with Crippen molar-refractivity contribution >= 4 is 0 Å². The van der Waals surface area contributed by atoms with E-state index in [9.17, 15) is 5.26 Å². The second-order valence-electron chi connectivity index (χ2n) is 4.88. The van der Waals surface area contributed by atoms with Gasteiger partial charge < -0.3 is 9.30 Å². The van der Waals surface area contributed by atoms with Crippen LogP contribution in [0.1, 0.15) is 31.1 Å². The molecule has 0 unspecified atom stereocenters. The summed E-state index contributed by atoms with van der Waals surface area (Å²) in [6.07, 6.45) is 2.04. The van der Waals surface area contributed by atoms with Gasteiger partial charge in [0.2, 0.25) is 0 Å². The Morgan fingerprint density at radius 2 is 1.84 bits per heavy atom. The van der Waals surface area contributed by atoms with Gasteiger partial charge in [-0.05, 0) is 44.0 Å². The summed E-state index contributed by atoms with van der Waals surface area (Å²) in [4.78, 5) is 0. The fraction of sp³-hybridized carbons (Fsp3) is 0.312. The van der Waals surface area contributed by atoms with E-state index >= 15 is 0 Å². The summed E-state index contributed by atoms with van der Waals surface area (Å²) in [5.74, 6) is 0.822. The highest BCUT2D eigenvalue weighted by Crippen LogP contribution is 2.31. The zero-order valence-electron chi connectivity index (χ0n) is 11.8. The number of benzene rings is 1. The summed E-state index contributed by atoms with van der Waals surface area (Å²) in [6, 6.07) is 10.4. The highest BCUT2D eigenvalue weighted by atomic mass is 16.5. The third-order valence-electron chi connectivity index (χ3n) is 3.26. The number of aryl methyl sites for hydroxylation is 1. The van der Waals surface area contributed by atoms with Crippen LogP contribution in [0.15, 0.2) is 30.5 Å². The minimum Gasteiger partial charge on any atom is -0.497 e. The fourth-order valence-electron chi connectivity index (χ4n) is 2.30. The Balaban J connectivity index is 2.58. The Bertz CT molecular complexity index is 615. The molecular formula is C16H18N2O. The number of ether oxygens (including phenoxy) is 1. The van der Waals surface area contributed by atoms with Gasteiger partial charge in [-0.1, -0.05) is 12.1 Å². The standard InChI is InChI=1S/C16H18N2O/c1-11(2)18-10-12(3)16(15(18)9-17)13-5-7-14(19-4)8-6-13/h5-8,10-11H,1-4H3. The molecule has 0 atom stereocenters. The van der Waals surface area contributed by atoms with Crippen LogP contribution in [-0.4, -0.2) is 11.7 Å². The summed E-state index contributed by atoms with van der Waals surface area (Å²) in [7, 11) is 1.65. The number of aromatic nitrogens is 1. The van der Waals surface area contributed by atoms with E-state index in [-0.39, 0.29) is 6.04 Å². The van der Waals surface area contributed by atoms with E-state index in [4.69, 9.17) is 4.74 Å². The van der Waals surface area contributed by atoms with E-state index in [1.165, 1.54) is 0 Å². The molecule has 98 valence electrons. The van der Waals surface area contributed by atoms with E-state index in [0.29, 0.717) is 0 Å². The number of nitrogens with zero attached hydrogens (tertiary/aromatic N) is 2. The van der Waals surface area contributed by atoms with Crippen molar-refractivity contribution < 1.29 is 4.74 Å². The maximum absolute atomic E-state index is 9.43. The SMILES string of the molecule is COc1ccc(-c2c(C)cn(C(C)C)c2C#N)cc1. The fourth-order valence-corrected chi connectivity index (χ4v) is 2.30. The molecule has 0 amide bonds. The molecule has 1 aromatic heterocycles. The Hall–Kier alpha value is -2.21. The molecule has 0 aliphatic rings. The van der Waals surface area contributed by atoms with Gasteiger partial charge in [0.25, 0.3) is 0 Å². The average molecular weight is 254 g/mol. The first-order chi connectivity index (χ1) is 9.08. The van der Waals surface area contributed by atoms with Gasteiger partial charge in [-0.15, -0.1) is 0 Å². The smallest absolute Gasteiger partial charge is 0.128 e. The van der Waals surface area contributed by atoms with Gasteiger partial charge in [0.15, 0.2) is 0 Å². The van der Waals surface area contributed by atoms with Crippen molar-refractivity contribution in [3.63, 3.8) is 0 Å². The van der Waals surface area contributed by atoms with E-state index in [1.807, 2.05) is 42.0 Å². The maximum atomic E-state index is 9.43. The molecule has 1 heterocycles. The first-order valence-corrected chi connectivity index (χ1v) is 6.34. The van der Waals surface area contributed by atoms with Gasteiger partial charge in [0.05, 0.1) is 7.11 Å². The lowest BCUT2D eigenvalue weighted by Gasteiger charge is -2.09. The van der Waals surface area contributed by atoms with Crippen molar-refractivity contribution in [2.24, 2.45) is 0 Å². The number of methoxy groups -OCH3 is 1. The molecule has 1 aromatic carbocycles. The predicted octanol–water partition coefficient (Wildman–Crippen LogP) is 3.92. The third-order valence-corrected chi connectivity index (χ3v) is 3.26. The Labute approximate surface area is 114 Å². The second kappa shape index (κ2) is 5.19. The molecule has 0 saturated carbocycles. The Morgan fingerprint density at radius 1 is 1.21 bits per heavy atom. The summed E-state index contributed by atoms with van der Waals surface area (Å²) < 4.78 is 7.19. The van der Waals surface area contributed by atoms with Gasteiger partial charge in [-0.2, -0.15) is 5.26 Å². The van der Waals surface area contributed by atoms with Crippen LogP contribution in [-0.2, 0) is 0 Å². The number of nitriles is 1. The zero-order chi connectivity index (χ0) is 14.0. The third kappa shape index (κ3) is 2.34. The van der Waals surface area contributed by atoms with Crippen LogP contribution in [0.25, 0.3) is 11.1 Å². The number of hydrogen-bond donors (Lipinski definition) is 0. The minimum absolute atomic E-state index is 0.278. The molecule has 0 radical (unpaired) electrons. The second-order valence-corrected chi connectivity index (χ2v) is 4.88. The van der Waals surface area contributed by atoms with Gasteiger partial charge in [0.1, 0.15) is 17.5 Å². The molecule has 3 nitrogen and oxygen atoms in total. The highest BCUT2D eigenvalue weighted by Gasteiger charge is 2.16. The number of hydrogen-bond acceptors (Lipinski definition) is 2. The van der Waals surface area contributed by atoms with Crippen LogP contribution in [0.2, 0.25) is 0 Å². The van der Waals surface area contributed by atoms with Crippen LogP contribution in [0.3, 0.4) is 0 Å². The Kier molecular flexibility index (Phi) is 3.62. The van der Waals surface area contributed by atoms with E-state index in [2.05, 4.69) is 19.9 Å². The lowest BCUT2D eigenvalue weighted by Crippen LogP contribution is -2.01. The minimum atomic E-state index is 0.278. The van der Waals surface area contributed by atoms with Crippen LogP contribution in [0.4, 0.5) is 0 Å². The Morgan fingerprint density at radius 3 is 2.32 bits per heavy atom. The molecule has 0 N–H and O–H groups in total. The number of rotatable bonds is 3. The molecule has 3 heteroatoms. The zero-order valence-corrected chi connectivity index (χ0v) is 11.8. The molecule has 0 bridgehead atoms. The largest absolute Gasteiger partial charge is 0.497 e. The van der Waals surface area contributed by atoms with Gasteiger partial charge in [0, 0.05) is 17.8 Å². The molecule has 0 spiro atoms. The topological polar surface area (TPSA) is 38.0 Å². The first kappa shape index (κ1) is 13.2. The molecule has 0 aliphatic heterocycles. The lowest BCUT2D eigenvalue weighted by molar-refractivity contribution is 0.415. The van der Waals surface area contributed by atoms with Crippen molar-refractivity contribution in [2.75, 3.05) is 7.11 Å². The quantitative estimate of drug-likeness (QED) is 0.832. The van der Waals surface area contributed by atoms with Gasteiger partial charge in [-0.25, -0.2) is 0 Å². The molecule has 0 aliphatic carbocycles. The maximum Gasteiger partial charge on any atom is 0.128 e. The molecular weight excluding hydrogens is 236 g/mol. The molecule has 2 aromatic rings. The normalized spacial score (nSPS) is 10.5. The van der Waals surface area contributed by atoms with E-state index < -0.39 is 0 Å². The van der Waals surface area contributed by atoms with Gasteiger partial charge in [-0.3, -0.25) is 0 Å². The lowest BCUT2D eigenvalue weighted by atomic mass is 10.0. The van der Waals surface area contributed by atoms with E-state index in [0.717, 1.165) is 28.1 Å². The van der Waals surface area contributed by atoms with Crippen LogP contribution in [0.5, 0.6) is 5.75 Å². The first-order valence-electron chi connectivity index (χ1n) is 6.34. The van der Waals surface area contributed by atoms with Crippen molar-refractivity contribution in [2.45, 2.75) is 26.8 Å². The van der Waals surface area contributed by atoms with Crippen LogP contribution >= 0.6 is 0 Å². The van der Waals surface area contributed by atoms with Crippen molar-refractivity contribution in [3.8, 4) is 22.9 Å².